The fraction of sp³-hybridized carbons (Fsp3) is 0.400. The van der Waals surface area contributed by atoms with Crippen molar-refractivity contribution in [2.24, 2.45) is 5.92 Å². The Morgan fingerprint density at radius 1 is 1.26 bits per heavy atom. The number of rotatable bonds is 4. The molecular weight excluding hydrogens is 340 g/mol. The van der Waals surface area contributed by atoms with E-state index in [1.165, 1.54) is 0 Å². The van der Waals surface area contributed by atoms with Gasteiger partial charge in [-0.2, -0.15) is 10.2 Å². The van der Waals surface area contributed by atoms with Gasteiger partial charge < -0.3 is 4.90 Å². The molecule has 0 fully saturated rings. The van der Waals surface area contributed by atoms with Crippen molar-refractivity contribution in [2.45, 2.75) is 39.8 Å². The number of hydrogen-bond donors (Lipinski definition) is 1. The van der Waals surface area contributed by atoms with Gasteiger partial charge in [0.25, 0.3) is 5.91 Å². The first-order valence-corrected chi connectivity index (χ1v) is 9.44. The molecule has 2 aromatic heterocycles. The molecule has 3 aromatic rings. The van der Waals surface area contributed by atoms with Crippen LogP contribution in [0.15, 0.2) is 36.4 Å². The van der Waals surface area contributed by atoms with Gasteiger partial charge in [0.2, 0.25) is 0 Å². The van der Waals surface area contributed by atoms with E-state index in [0.29, 0.717) is 24.6 Å². The first-order valence-electron chi connectivity index (χ1n) is 9.44. The highest BCUT2D eigenvalue weighted by molar-refractivity contribution is 5.92. The fourth-order valence-electron chi connectivity index (χ4n) is 3.61. The van der Waals surface area contributed by atoms with E-state index >= 15 is 0 Å². The van der Waals surface area contributed by atoms with Gasteiger partial charge in [-0.25, -0.2) is 9.67 Å². The van der Waals surface area contributed by atoms with Gasteiger partial charge in [0.15, 0.2) is 11.6 Å². The lowest BCUT2D eigenvalue weighted by molar-refractivity contribution is 0.0531. The summed E-state index contributed by atoms with van der Waals surface area (Å²) in [5.74, 6) is 1.71. The number of aromatic amines is 1. The number of aromatic nitrogens is 5. The Bertz CT molecular complexity index is 943. The summed E-state index contributed by atoms with van der Waals surface area (Å²) in [5, 5.41) is 11.8. The fourth-order valence-corrected chi connectivity index (χ4v) is 3.61. The Kier molecular flexibility index (Phi) is 4.51. The van der Waals surface area contributed by atoms with Gasteiger partial charge >= 0.3 is 0 Å². The van der Waals surface area contributed by atoms with Crippen molar-refractivity contribution >= 4 is 5.91 Å². The van der Waals surface area contributed by atoms with Crippen LogP contribution < -0.4 is 0 Å². The van der Waals surface area contributed by atoms with E-state index in [2.05, 4.69) is 29.1 Å². The molecule has 0 saturated carbocycles. The van der Waals surface area contributed by atoms with Crippen LogP contribution in [0.2, 0.25) is 0 Å². The highest BCUT2D eigenvalue weighted by Crippen LogP contribution is 2.33. The van der Waals surface area contributed by atoms with E-state index in [9.17, 15) is 4.79 Å². The Morgan fingerprint density at radius 3 is 2.70 bits per heavy atom. The predicted molar refractivity (Wildman–Crippen MR) is 102 cm³/mol. The normalized spacial score (nSPS) is 16.6. The molecular formula is C20H24N6O. The minimum atomic E-state index is -0.127. The summed E-state index contributed by atoms with van der Waals surface area (Å²) in [4.78, 5) is 19.8. The van der Waals surface area contributed by atoms with Gasteiger partial charge in [-0.15, -0.1) is 0 Å². The minimum Gasteiger partial charge on any atom is -0.325 e. The molecule has 1 atom stereocenters. The van der Waals surface area contributed by atoms with Gasteiger partial charge in [-0.3, -0.25) is 9.89 Å². The molecule has 7 heteroatoms. The molecule has 0 aliphatic carbocycles. The molecule has 140 valence electrons. The van der Waals surface area contributed by atoms with Crippen LogP contribution in [0, 0.1) is 5.92 Å². The smallest absolute Gasteiger partial charge is 0.275 e. The summed E-state index contributed by atoms with van der Waals surface area (Å²) in [6.45, 7) is 7.49. The first-order chi connectivity index (χ1) is 13.1. The van der Waals surface area contributed by atoms with Crippen molar-refractivity contribution in [2.75, 3.05) is 6.54 Å². The average molecular weight is 364 g/mol. The van der Waals surface area contributed by atoms with Gasteiger partial charge in [0.1, 0.15) is 5.69 Å². The summed E-state index contributed by atoms with van der Waals surface area (Å²) in [7, 11) is 0. The van der Waals surface area contributed by atoms with Crippen molar-refractivity contribution < 1.29 is 4.79 Å². The summed E-state index contributed by atoms with van der Waals surface area (Å²) < 4.78 is 1.94. The molecule has 0 radical (unpaired) electrons. The van der Waals surface area contributed by atoms with Crippen LogP contribution >= 0.6 is 0 Å². The van der Waals surface area contributed by atoms with E-state index in [0.717, 1.165) is 23.5 Å². The second-order valence-electron chi connectivity index (χ2n) is 7.20. The van der Waals surface area contributed by atoms with Crippen LogP contribution in [-0.4, -0.2) is 42.3 Å². The molecule has 0 spiro atoms. The van der Waals surface area contributed by atoms with Gasteiger partial charge in [-0.05, 0) is 18.4 Å². The quantitative estimate of drug-likeness (QED) is 0.771. The maximum absolute atomic E-state index is 13.1. The monoisotopic (exact) mass is 364 g/mol. The Balaban J connectivity index is 1.69. The van der Waals surface area contributed by atoms with Crippen molar-refractivity contribution in [3.05, 3.63) is 53.6 Å². The molecule has 3 heterocycles. The highest BCUT2D eigenvalue weighted by atomic mass is 16.2. The Labute approximate surface area is 158 Å². The molecule has 4 rings (SSSR count). The molecule has 27 heavy (non-hydrogen) atoms. The second-order valence-corrected chi connectivity index (χ2v) is 7.20. The van der Waals surface area contributed by atoms with E-state index in [1.807, 2.05) is 52.9 Å². The number of benzene rings is 1. The number of fused-ring (bicyclic) bond motifs is 1. The average Bonchev–Trinajstić information content (AvgIpc) is 3.34. The van der Waals surface area contributed by atoms with E-state index in [1.54, 1.807) is 0 Å². The number of nitrogens with zero attached hydrogens (tertiary/aromatic N) is 5. The molecule has 0 saturated heterocycles. The molecule has 1 amide bonds. The lowest BCUT2D eigenvalue weighted by Gasteiger charge is -2.37. The third-order valence-electron chi connectivity index (χ3n) is 5.01. The maximum Gasteiger partial charge on any atom is 0.275 e. The van der Waals surface area contributed by atoms with Crippen molar-refractivity contribution in [3.63, 3.8) is 0 Å². The first kappa shape index (κ1) is 17.5. The third-order valence-corrected chi connectivity index (χ3v) is 5.01. The van der Waals surface area contributed by atoms with Crippen LogP contribution in [0.1, 0.15) is 48.8 Å². The van der Waals surface area contributed by atoms with Gasteiger partial charge in [0, 0.05) is 17.8 Å². The van der Waals surface area contributed by atoms with Crippen molar-refractivity contribution in [3.8, 4) is 11.4 Å². The largest absolute Gasteiger partial charge is 0.325 e. The Morgan fingerprint density at radius 2 is 2.04 bits per heavy atom. The van der Waals surface area contributed by atoms with E-state index in [-0.39, 0.29) is 17.9 Å². The summed E-state index contributed by atoms with van der Waals surface area (Å²) in [6.07, 6.45) is 0.822. The van der Waals surface area contributed by atoms with Crippen LogP contribution in [0.25, 0.3) is 11.4 Å². The number of aryl methyl sites for hydroxylation is 1. The second kappa shape index (κ2) is 6.98. The highest BCUT2D eigenvalue weighted by Gasteiger charge is 2.37. The molecule has 7 nitrogen and oxygen atoms in total. The standard InChI is InChI=1S/C20H24N6O/c1-4-15-12-16(23-22-15)20(27)25-10-11-26-19(17(25)13(2)3)21-18(24-26)14-8-6-5-7-9-14/h5-9,12-13,17H,4,10-11H2,1-3H3,(H,22,23)/t17-/m0/s1. The SMILES string of the molecule is CCc1cc(C(=O)N2CCn3nc(-c4ccccc4)nc3[C@@H]2C(C)C)n[nH]1. The van der Waals surface area contributed by atoms with Crippen LogP contribution in [0.3, 0.4) is 0 Å². The Hall–Kier alpha value is -2.96. The maximum atomic E-state index is 13.1. The predicted octanol–water partition coefficient (Wildman–Crippen LogP) is 3.08. The number of carbonyl (C=O) groups excluding carboxylic acids is 1. The number of H-pyrrole nitrogens is 1. The molecule has 1 aliphatic rings. The summed E-state index contributed by atoms with van der Waals surface area (Å²) in [5.41, 5.74) is 2.42. The van der Waals surface area contributed by atoms with Crippen LogP contribution in [0.5, 0.6) is 0 Å². The zero-order chi connectivity index (χ0) is 19.0. The lowest BCUT2D eigenvalue weighted by Crippen LogP contribution is -2.44. The summed E-state index contributed by atoms with van der Waals surface area (Å²) in [6, 6.07) is 11.7. The number of hydrogen-bond acceptors (Lipinski definition) is 4. The number of nitrogens with one attached hydrogen (secondary N) is 1. The van der Waals surface area contributed by atoms with E-state index < -0.39 is 0 Å². The molecule has 1 aromatic carbocycles. The van der Waals surface area contributed by atoms with Gasteiger partial charge in [-0.1, -0.05) is 51.1 Å². The molecule has 0 unspecified atom stereocenters. The zero-order valence-corrected chi connectivity index (χ0v) is 15.9. The van der Waals surface area contributed by atoms with E-state index in [4.69, 9.17) is 4.98 Å². The zero-order valence-electron chi connectivity index (χ0n) is 15.9. The topological polar surface area (TPSA) is 79.7 Å². The van der Waals surface area contributed by atoms with Gasteiger partial charge in [0.05, 0.1) is 12.6 Å². The van der Waals surface area contributed by atoms with Crippen molar-refractivity contribution in [1.82, 2.24) is 29.9 Å². The summed E-state index contributed by atoms with van der Waals surface area (Å²) >= 11 is 0. The molecule has 1 N–H and O–H groups in total. The third kappa shape index (κ3) is 3.13. The lowest BCUT2D eigenvalue weighted by atomic mass is 9.99. The molecule has 0 bridgehead atoms. The number of amides is 1. The minimum absolute atomic E-state index is 0.0554. The van der Waals surface area contributed by atoms with Crippen molar-refractivity contribution in [1.29, 1.82) is 0 Å². The van der Waals surface area contributed by atoms with Crippen LogP contribution in [-0.2, 0) is 13.0 Å². The van der Waals surface area contributed by atoms with Crippen LogP contribution in [0.4, 0.5) is 0 Å². The number of carbonyl (C=O) groups is 1. The molecule has 1 aliphatic heterocycles.